The summed E-state index contributed by atoms with van der Waals surface area (Å²) in [7, 11) is -3.01. The maximum Gasteiger partial charge on any atom is 0.222 e. The summed E-state index contributed by atoms with van der Waals surface area (Å²) < 4.78 is 23.6. The van der Waals surface area contributed by atoms with Crippen molar-refractivity contribution in [2.45, 2.75) is 58.0 Å². The van der Waals surface area contributed by atoms with Crippen LogP contribution in [0.2, 0.25) is 0 Å². The Morgan fingerprint density at radius 1 is 1.12 bits per heavy atom. The summed E-state index contributed by atoms with van der Waals surface area (Å²) >= 11 is 0. The molecule has 0 rings (SSSR count). The molecule has 102 valence electrons. The van der Waals surface area contributed by atoms with E-state index >= 15 is 0 Å². The van der Waals surface area contributed by atoms with Crippen LogP contribution in [0.5, 0.6) is 0 Å². The third-order valence-electron chi connectivity index (χ3n) is 2.83. The minimum absolute atomic E-state index is 0.0179. The highest BCUT2D eigenvalue weighted by Gasteiger charge is 2.23. The van der Waals surface area contributed by atoms with Crippen molar-refractivity contribution in [2.75, 3.05) is 6.54 Å². The van der Waals surface area contributed by atoms with Gasteiger partial charge in [-0.3, -0.25) is 4.79 Å². The van der Waals surface area contributed by atoms with Gasteiger partial charge in [0.25, 0.3) is 0 Å². The van der Waals surface area contributed by atoms with E-state index in [2.05, 4.69) is 5.32 Å². The molecule has 1 unspecified atom stereocenters. The van der Waals surface area contributed by atoms with Crippen molar-refractivity contribution in [2.24, 2.45) is 5.92 Å². The molecule has 0 fully saturated rings. The predicted molar refractivity (Wildman–Crippen MR) is 70.6 cm³/mol. The summed E-state index contributed by atoms with van der Waals surface area (Å²) in [6.07, 6.45) is 1.30. The Kier molecular flexibility index (Phi) is 6.75. The van der Waals surface area contributed by atoms with Crippen LogP contribution in [0.4, 0.5) is 0 Å². The van der Waals surface area contributed by atoms with Crippen molar-refractivity contribution in [3.8, 4) is 0 Å². The van der Waals surface area contributed by atoms with Crippen LogP contribution < -0.4 is 5.32 Å². The average Bonchev–Trinajstić information content (AvgIpc) is 2.22. The summed E-state index contributed by atoms with van der Waals surface area (Å²) in [5.41, 5.74) is 0. The minimum Gasteiger partial charge on any atom is -0.356 e. The molecule has 0 aliphatic carbocycles. The monoisotopic (exact) mass is 263 g/mol. The molecule has 1 amide bonds. The number of nitrogens with one attached hydrogen (secondary N) is 1. The lowest BCUT2D eigenvalue weighted by Gasteiger charge is -2.16. The minimum atomic E-state index is -3.01. The van der Waals surface area contributed by atoms with Gasteiger partial charge < -0.3 is 5.32 Å². The lowest BCUT2D eigenvalue weighted by atomic mass is 10.2. The molecular weight excluding hydrogens is 238 g/mol. The highest BCUT2D eigenvalue weighted by molar-refractivity contribution is 7.92. The fraction of sp³-hybridized carbons (Fsp3) is 0.917. The van der Waals surface area contributed by atoms with Gasteiger partial charge in [0.15, 0.2) is 9.84 Å². The summed E-state index contributed by atoms with van der Waals surface area (Å²) in [6.45, 7) is 9.36. The predicted octanol–water partition coefficient (Wildman–Crippen LogP) is 1.75. The molecule has 0 radical (unpaired) electrons. The highest BCUT2D eigenvalue weighted by Crippen LogP contribution is 2.13. The molecule has 0 saturated carbocycles. The van der Waals surface area contributed by atoms with E-state index in [0.29, 0.717) is 19.4 Å². The Morgan fingerprint density at radius 2 is 1.65 bits per heavy atom. The summed E-state index contributed by atoms with van der Waals surface area (Å²) in [6, 6.07) is 0. The van der Waals surface area contributed by atoms with Gasteiger partial charge in [-0.1, -0.05) is 13.8 Å². The second kappa shape index (κ2) is 6.99. The molecule has 0 aromatic rings. The zero-order chi connectivity index (χ0) is 13.6. The zero-order valence-corrected chi connectivity index (χ0v) is 12.3. The highest BCUT2D eigenvalue weighted by atomic mass is 32.2. The number of hydrogen-bond donors (Lipinski definition) is 1. The molecule has 0 aliphatic heterocycles. The van der Waals surface area contributed by atoms with Gasteiger partial charge in [0.1, 0.15) is 0 Å². The zero-order valence-electron chi connectivity index (χ0n) is 11.5. The van der Waals surface area contributed by atoms with Crippen molar-refractivity contribution >= 4 is 15.7 Å². The van der Waals surface area contributed by atoms with Crippen LogP contribution in [0.25, 0.3) is 0 Å². The Labute approximate surface area is 105 Å². The van der Waals surface area contributed by atoms with Gasteiger partial charge in [-0.2, -0.15) is 0 Å². The second-order valence-corrected chi connectivity index (χ2v) is 7.96. The first-order valence-corrected chi connectivity index (χ1v) is 7.81. The van der Waals surface area contributed by atoms with E-state index in [9.17, 15) is 13.2 Å². The van der Waals surface area contributed by atoms with Gasteiger partial charge >= 0.3 is 0 Å². The van der Waals surface area contributed by atoms with E-state index in [1.54, 1.807) is 20.8 Å². The van der Waals surface area contributed by atoms with Crippen LogP contribution in [0, 0.1) is 5.92 Å². The summed E-state index contributed by atoms with van der Waals surface area (Å²) in [4.78, 5) is 11.3. The number of rotatable bonds is 7. The fourth-order valence-corrected chi connectivity index (χ4v) is 2.86. The van der Waals surface area contributed by atoms with Gasteiger partial charge in [0, 0.05) is 12.5 Å². The molecule has 17 heavy (non-hydrogen) atoms. The third kappa shape index (κ3) is 5.52. The Morgan fingerprint density at radius 3 is 2.06 bits per heavy atom. The molecule has 0 aromatic heterocycles. The first-order valence-electron chi connectivity index (χ1n) is 6.20. The van der Waals surface area contributed by atoms with Crippen LogP contribution in [0.3, 0.4) is 0 Å². The van der Waals surface area contributed by atoms with E-state index in [4.69, 9.17) is 0 Å². The van der Waals surface area contributed by atoms with E-state index < -0.39 is 9.84 Å². The fourth-order valence-electron chi connectivity index (χ4n) is 1.43. The van der Waals surface area contributed by atoms with Crippen molar-refractivity contribution in [3.05, 3.63) is 0 Å². The molecule has 0 aromatic carbocycles. The van der Waals surface area contributed by atoms with Gasteiger partial charge in [-0.25, -0.2) is 8.42 Å². The maximum absolute atomic E-state index is 11.8. The van der Waals surface area contributed by atoms with Crippen molar-refractivity contribution in [3.63, 3.8) is 0 Å². The van der Waals surface area contributed by atoms with Crippen molar-refractivity contribution in [1.29, 1.82) is 0 Å². The maximum atomic E-state index is 11.8. The molecule has 0 aliphatic rings. The Bertz CT molecular complexity index is 334. The van der Waals surface area contributed by atoms with Crippen LogP contribution in [-0.2, 0) is 14.6 Å². The summed E-state index contributed by atoms with van der Waals surface area (Å²) in [5, 5.41) is 2.12. The molecule has 1 N–H and O–H groups in total. The van der Waals surface area contributed by atoms with Crippen LogP contribution in [-0.4, -0.2) is 31.4 Å². The first kappa shape index (κ1) is 16.4. The molecule has 0 spiro atoms. The normalized spacial score (nSPS) is 14.1. The van der Waals surface area contributed by atoms with Gasteiger partial charge in [0.05, 0.1) is 10.5 Å². The number of hydrogen-bond acceptors (Lipinski definition) is 3. The number of carbonyl (C=O) groups is 1. The number of sulfone groups is 1. The van der Waals surface area contributed by atoms with Crippen LogP contribution in [0.15, 0.2) is 0 Å². The SMILES string of the molecule is CC(C)C(=O)NCCCC(C)S(=O)(=O)C(C)C. The van der Waals surface area contributed by atoms with E-state index in [0.717, 1.165) is 0 Å². The third-order valence-corrected chi connectivity index (χ3v) is 5.50. The molecule has 0 saturated heterocycles. The molecular formula is C12H25NO3S. The van der Waals surface area contributed by atoms with Crippen molar-refractivity contribution < 1.29 is 13.2 Å². The number of carbonyl (C=O) groups excluding carboxylic acids is 1. The molecule has 0 heterocycles. The summed E-state index contributed by atoms with van der Waals surface area (Å²) in [5.74, 6) is -0.00353. The topological polar surface area (TPSA) is 63.2 Å². The van der Waals surface area contributed by atoms with Crippen molar-refractivity contribution in [1.82, 2.24) is 5.32 Å². The lowest BCUT2D eigenvalue weighted by Crippen LogP contribution is -2.30. The van der Waals surface area contributed by atoms with Gasteiger partial charge in [-0.15, -0.1) is 0 Å². The standard InChI is InChI=1S/C12H25NO3S/c1-9(2)12(14)13-8-6-7-11(5)17(15,16)10(3)4/h9-11H,6-8H2,1-5H3,(H,13,14). The van der Waals surface area contributed by atoms with E-state index in [-0.39, 0.29) is 22.3 Å². The Balaban J connectivity index is 3.95. The smallest absolute Gasteiger partial charge is 0.222 e. The largest absolute Gasteiger partial charge is 0.356 e. The molecule has 5 heteroatoms. The van der Waals surface area contributed by atoms with E-state index in [1.165, 1.54) is 0 Å². The van der Waals surface area contributed by atoms with Crippen LogP contribution in [0.1, 0.15) is 47.5 Å². The van der Waals surface area contributed by atoms with Crippen LogP contribution >= 0.6 is 0 Å². The van der Waals surface area contributed by atoms with Gasteiger partial charge in [0.2, 0.25) is 5.91 Å². The second-order valence-electron chi connectivity index (χ2n) is 5.04. The molecule has 0 bridgehead atoms. The first-order chi connectivity index (χ1) is 7.69. The average molecular weight is 263 g/mol. The molecule has 4 nitrogen and oxygen atoms in total. The lowest BCUT2D eigenvalue weighted by molar-refractivity contribution is -0.123. The molecule has 1 atom stereocenters. The quantitative estimate of drug-likeness (QED) is 0.712. The van der Waals surface area contributed by atoms with E-state index in [1.807, 2.05) is 13.8 Å². The Hall–Kier alpha value is -0.580. The number of amides is 1. The van der Waals surface area contributed by atoms with Gasteiger partial charge in [-0.05, 0) is 33.6 Å².